The minimum absolute atomic E-state index is 0.0191. The Labute approximate surface area is 121 Å². The predicted octanol–water partition coefficient (Wildman–Crippen LogP) is 2.82. The Morgan fingerprint density at radius 1 is 1.50 bits per heavy atom. The maximum atomic E-state index is 13.4. The van der Waals surface area contributed by atoms with E-state index < -0.39 is 11.9 Å². The Balaban J connectivity index is 2.13. The summed E-state index contributed by atoms with van der Waals surface area (Å²) in [7, 11) is 0. The average molecular weight is 299 g/mol. The second-order valence-corrected chi connectivity index (χ2v) is 5.30. The molecule has 4 nitrogen and oxygen atoms in total. The molecule has 1 aliphatic rings. The number of imide groups is 1. The van der Waals surface area contributed by atoms with Crippen LogP contribution in [0.2, 0.25) is 5.02 Å². The van der Waals surface area contributed by atoms with E-state index in [0.717, 1.165) is 0 Å². The van der Waals surface area contributed by atoms with Gasteiger partial charge in [-0.2, -0.15) is 0 Å². The van der Waals surface area contributed by atoms with Crippen molar-refractivity contribution in [1.82, 2.24) is 4.90 Å². The summed E-state index contributed by atoms with van der Waals surface area (Å²) in [6.07, 6.45) is 0.799. The number of carbonyl (C=O) groups excluding carboxylic acids is 2. The summed E-state index contributed by atoms with van der Waals surface area (Å²) in [5, 5.41) is 2.91. The normalized spacial score (nSPS) is 20.4. The highest BCUT2D eigenvalue weighted by Crippen LogP contribution is 2.24. The lowest BCUT2D eigenvalue weighted by atomic mass is 10.2. The number of rotatable bonds is 4. The molecule has 1 N–H and O–H groups in total. The van der Waals surface area contributed by atoms with Crippen molar-refractivity contribution in [3.8, 4) is 0 Å². The Morgan fingerprint density at radius 3 is 2.80 bits per heavy atom. The van der Waals surface area contributed by atoms with Crippen molar-refractivity contribution in [3.05, 3.63) is 29.0 Å². The van der Waals surface area contributed by atoms with E-state index in [1.165, 1.54) is 17.0 Å². The molecule has 2 rings (SSSR count). The van der Waals surface area contributed by atoms with E-state index in [4.69, 9.17) is 11.6 Å². The van der Waals surface area contributed by atoms with Gasteiger partial charge in [0.25, 0.3) is 5.91 Å². The molecule has 1 heterocycles. The molecular formula is C14H16ClFN2O2. The van der Waals surface area contributed by atoms with Gasteiger partial charge in [0.05, 0.1) is 11.4 Å². The van der Waals surface area contributed by atoms with Gasteiger partial charge in [-0.15, -0.1) is 0 Å². The number of nitrogens with one attached hydrogen (secondary N) is 1. The summed E-state index contributed by atoms with van der Waals surface area (Å²) in [6.45, 7) is 3.75. The largest absolute Gasteiger partial charge is 0.373 e. The Kier molecular flexibility index (Phi) is 4.28. The highest BCUT2D eigenvalue weighted by Gasteiger charge is 2.40. The van der Waals surface area contributed by atoms with E-state index in [1.54, 1.807) is 6.07 Å². The van der Waals surface area contributed by atoms with Crippen LogP contribution >= 0.6 is 11.6 Å². The zero-order valence-electron chi connectivity index (χ0n) is 11.3. The van der Waals surface area contributed by atoms with Gasteiger partial charge in [0.15, 0.2) is 0 Å². The van der Waals surface area contributed by atoms with E-state index in [9.17, 15) is 14.0 Å². The smallest absolute Gasteiger partial charge is 0.252 e. The topological polar surface area (TPSA) is 49.4 Å². The molecule has 0 aromatic heterocycles. The molecule has 1 aromatic rings. The van der Waals surface area contributed by atoms with Gasteiger partial charge in [0, 0.05) is 11.7 Å². The second kappa shape index (κ2) is 5.79. The number of halogens is 2. The van der Waals surface area contributed by atoms with Crippen LogP contribution in [0.25, 0.3) is 0 Å². The first-order valence-corrected chi connectivity index (χ1v) is 6.89. The van der Waals surface area contributed by atoms with Crippen molar-refractivity contribution in [2.24, 2.45) is 0 Å². The minimum Gasteiger partial charge on any atom is -0.373 e. The molecule has 0 saturated carbocycles. The van der Waals surface area contributed by atoms with Crippen LogP contribution in [0, 0.1) is 5.82 Å². The fourth-order valence-corrected chi connectivity index (χ4v) is 2.31. The van der Waals surface area contributed by atoms with E-state index >= 15 is 0 Å². The fourth-order valence-electron chi connectivity index (χ4n) is 2.20. The number of hydrogen-bond acceptors (Lipinski definition) is 3. The summed E-state index contributed by atoms with van der Waals surface area (Å²) >= 11 is 5.60. The van der Waals surface area contributed by atoms with Crippen LogP contribution in [0.3, 0.4) is 0 Å². The summed E-state index contributed by atoms with van der Waals surface area (Å²) in [4.78, 5) is 25.4. The average Bonchev–Trinajstić information content (AvgIpc) is 2.68. The number of hydrogen-bond donors (Lipinski definition) is 1. The molecule has 0 radical (unpaired) electrons. The second-order valence-electron chi connectivity index (χ2n) is 4.89. The maximum absolute atomic E-state index is 13.4. The van der Waals surface area contributed by atoms with Gasteiger partial charge in [-0.25, -0.2) is 4.39 Å². The van der Waals surface area contributed by atoms with E-state index in [2.05, 4.69) is 5.32 Å². The van der Waals surface area contributed by atoms with Gasteiger partial charge in [0.1, 0.15) is 11.9 Å². The molecule has 2 amide bonds. The van der Waals surface area contributed by atoms with E-state index in [1.807, 2.05) is 13.8 Å². The standard InChI is InChI=1S/C14H16ClFN2O2/c1-3-8(2)18-13(19)7-12(14(18)20)17-9-4-5-10(15)11(16)6-9/h4-6,8,12,17H,3,7H2,1-2H3. The number of likely N-dealkylation sites (tertiary alicyclic amines) is 1. The summed E-state index contributed by atoms with van der Waals surface area (Å²) in [5.74, 6) is -1.02. The SMILES string of the molecule is CCC(C)N1C(=O)CC(Nc2ccc(Cl)c(F)c2)C1=O. The molecule has 2 atom stereocenters. The number of benzene rings is 1. The van der Waals surface area contributed by atoms with E-state index in [-0.39, 0.29) is 29.3 Å². The Hall–Kier alpha value is -1.62. The molecule has 0 spiro atoms. The van der Waals surface area contributed by atoms with Crippen LogP contribution < -0.4 is 5.32 Å². The first-order valence-electron chi connectivity index (χ1n) is 6.51. The number of nitrogens with zero attached hydrogens (tertiary/aromatic N) is 1. The summed E-state index contributed by atoms with van der Waals surface area (Å²) in [5.41, 5.74) is 0.434. The van der Waals surface area contributed by atoms with Crippen molar-refractivity contribution >= 4 is 29.1 Å². The quantitative estimate of drug-likeness (QED) is 0.870. The lowest BCUT2D eigenvalue weighted by Crippen LogP contribution is -2.40. The van der Waals surface area contributed by atoms with Gasteiger partial charge in [-0.05, 0) is 31.5 Å². The Bertz CT molecular complexity index is 550. The Morgan fingerprint density at radius 2 is 2.20 bits per heavy atom. The zero-order chi connectivity index (χ0) is 14.9. The molecule has 2 unspecified atom stereocenters. The molecule has 1 aromatic carbocycles. The highest BCUT2D eigenvalue weighted by molar-refractivity contribution is 6.30. The predicted molar refractivity (Wildman–Crippen MR) is 75.0 cm³/mol. The van der Waals surface area contributed by atoms with E-state index in [0.29, 0.717) is 12.1 Å². The lowest BCUT2D eigenvalue weighted by Gasteiger charge is -2.21. The number of amides is 2. The first-order chi connectivity index (χ1) is 9.43. The monoisotopic (exact) mass is 298 g/mol. The van der Waals surface area contributed by atoms with Gasteiger partial charge >= 0.3 is 0 Å². The van der Waals surface area contributed by atoms with Gasteiger partial charge in [-0.3, -0.25) is 14.5 Å². The van der Waals surface area contributed by atoms with Crippen LogP contribution in [-0.2, 0) is 9.59 Å². The van der Waals surface area contributed by atoms with Crippen molar-refractivity contribution in [1.29, 1.82) is 0 Å². The van der Waals surface area contributed by atoms with Crippen LogP contribution in [0.1, 0.15) is 26.7 Å². The molecule has 0 bridgehead atoms. The van der Waals surface area contributed by atoms with Gasteiger partial charge < -0.3 is 5.32 Å². The van der Waals surface area contributed by atoms with Crippen LogP contribution in [0.15, 0.2) is 18.2 Å². The molecule has 108 valence electrons. The molecule has 0 aliphatic carbocycles. The molecule has 6 heteroatoms. The highest BCUT2D eigenvalue weighted by atomic mass is 35.5. The molecular weight excluding hydrogens is 283 g/mol. The van der Waals surface area contributed by atoms with Crippen LogP contribution in [0.5, 0.6) is 0 Å². The molecule has 1 aliphatic heterocycles. The zero-order valence-corrected chi connectivity index (χ0v) is 12.1. The maximum Gasteiger partial charge on any atom is 0.252 e. The van der Waals surface area contributed by atoms with Crippen LogP contribution in [-0.4, -0.2) is 28.8 Å². The number of carbonyl (C=O) groups is 2. The van der Waals surface area contributed by atoms with Gasteiger partial charge in [-0.1, -0.05) is 18.5 Å². The third kappa shape index (κ3) is 2.77. The first kappa shape index (κ1) is 14.8. The summed E-state index contributed by atoms with van der Waals surface area (Å²) in [6, 6.07) is 3.44. The number of anilines is 1. The van der Waals surface area contributed by atoms with Crippen LogP contribution in [0.4, 0.5) is 10.1 Å². The summed E-state index contributed by atoms with van der Waals surface area (Å²) < 4.78 is 13.4. The van der Waals surface area contributed by atoms with Crippen molar-refractivity contribution < 1.29 is 14.0 Å². The van der Waals surface area contributed by atoms with Gasteiger partial charge in [0.2, 0.25) is 5.91 Å². The molecule has 20 heavy (non-hydrogen) atoms. The van der Waals surface area contributed by atoms with Crippen molar-refractivity contribution in [3.63, 3.8) is 0 Å². The molecule has 1 fully saturated rings. The lowest BCUT2D eigenvalue weighted by molar-refractivity contribution is -0.140. The third-order valence-corrected chi connectivity index (χ3v) is 3.78. The van der Waals surface area contributed by atoms with Crippen molar-refractivity contribution in [2.45, 2.75) is 38.8 Å². The third-order valence-electron chi connectivity index (χ3n) is 3.48. The minimum atomic E-state index is -0.642. The molecule has 1 saturated heterocycles. The fraction of sp³-hybridized carbons (Fsp3) is 0.429. The van der Waals surface area contributed by atoms with Crippen molar-refractivity contribution in [2.75, 3.05) is 5.32 Å².